The van der Waals surface area contributed by atoms with E-state index in [0.29, 0.717) is 12.1 Å². The molecule has 2 nitrogen and oxygen atoms in total. The standard InChI is InChI=1S/C14H15FN2/c15-13-4-2-1-3-12(13)14(17)11-7-5-10(9-16)6-8-11/h1-8,14H,9,16-17H2. The molecule has 0 heterocycles. The molecule has 0 spiro atoms. The van der Waals surface area contributed by atoms with Crippen molar-refractivity contribution in [1.82, 2.24) is 0 Å². The fourth-order valence-electron chi connectivity index (χ4n) is 1.77. The van der Waals surface area contributed by atoms with E-state index in [-0.39, 0.29) is 5.82 Å². The Bertz CT molecular complexity index is 494. The van der Waals surface area contributed by atoms with Gasteiger partial charge < -0.3 is 11.5 Å². The van der Waals surface area contributed by atoms with Crippen LogP contribution in [0.15, 0.2) is 48.5 Å². The predicted molar refractivity (Wildman–Crippen MR) is 66.8 cm³/mol. The van der Waals surface area contributed by atoms with Gasteiger partial charge in [0.2, 0.25) is 0 Å². The first-order valence-electron chi connectivity index (χ1n) is 5.51. The van der Waals surface area contributed by atoms with Crippen LogP contribution >= 0.6 is 0 Å². The highest BCUT2D eigenvalue weighted by Crippen LogP contribution is 2.22. The van der Waals surface area contributed by atoms with Crippen LogP contribution in [0.2, 0.25) is 0 Å². The Morgan fingerprint density at radius 3 is 2.24 bits per heavy atom. The quantitative estimate of drug-likeness (QED) is 0.850. The summed E-state index contributed by atoms with van der Waals surface area (Å²) in [5.74, 6) is -0.275. The normalized spacial score (nSPS) is 12.4. The number of halogens is 1. The van der Waals surface area contributed by atoms with Gasteiger partial charge in [-0.15, -0.1) is 0 Å². The van der Waals surface area contributed by atoms with Crippen molar-refractivity contribution < 1.29 is 4.39 Å². The van der Waals surface area contributed by atoms with Crippen LogP contribution in [-0.4, -0.2) is 0 Å². The lowest BCUT2D eigenvalue weighted by molar-refractivity contribution is 0.599. The van der Waals surface area contributed by atoms with E-state index in [0.717, 1.165) is 11.1 Å². The molecule has 88 valence electrons. The summed E-state index contributed by atoms with van der Waals surface area (Å²) in [6.45, 7) is 0.495. The minimum absolute atomic E-state index is 0.275. The Morgan fingerprint density at radius 1 is 1.00 bits per heavy atom. The average molecular weight is 230 g/mol. The molecule has 0 bridgehead atoms. The number of hydrogen-bond acceptors (Lipinski definition) is 2. The molecular weight excluding hydrogens is 215 g/mol. The molecule has 1 atom stereocenters. The molecule has 0 radical (unpaired) electrons. The molecule has 1 unspecified atom stereocenters. The Balaban J connectivity index is 2.30. The first kappa shape index (κ1) is 11.8. The lowest BCUT2D eigenvalue weighted by Crippen LogP contribution is -2.13. The van der Waals surface area contributed by atoms with E-state index in [4.69, 9.17) is 11.5 Å². The largest absolute Gasteiger partial charge is 0.326 e. The third kappa shape index (κ3) is 2.52. The van der Waals surface area contributed by atoms with Crippen LogP contribution in [0.1, 0.15) is 22.7 Å². The SMILES string of the molecule is NCc1ccc(C(N)c2ccccc2F)cc1. The van der Waals surface area contributed by atoms with Gasteiger partial charge in [0, 0.05) is 12.1 Å². The molecule has 0 amide bonds. The van der Waals surface area contributed by atoms with E-state index in [2.05, 4.69) is 0 Å². The second-order valence-electron chi connectivity index (χ2n) is 3.94. The number of nitrogens with two attached hydrogens (primary N) is 2. The van der Waals surface area contributed by atoms with Gasteiger partial charge in [0.25, 0.3) is 0 Å². The lowest BCUT2D eigenvalue weighted by atomic mass is 9.98. The Kier molecular flexibility index (Phi) is 3.52. The topological polar surface area (TPSA) is 52.0 Å². The molecule has 2 aromatic carbocycles. The average Bonchev–Trinajstić information content (AvgIpc) is 2.39. The molecule has 0 fully saturated rings. The fraction of sp³-hybridized carbons (Fsp3) is 0.143. The summed E-state index contributed by atoms with van der Waals surface area (Å²) in [5.41, 5.74) is 14.0. The lowest BCUT2D eigenvalue weighted by Gasteiger charge is -2.13. The van der Waals surface area contributed by atoms with Crippen molar-refractivity contribution in [2.24, 2.45) is 11.5 Å². The molecule has 0 aliphatic carbocycles. The highest BCUT2D eigenvalue weighted by Gasteiger charge is 2.12. The number of rotatable bonds is 3. The van der Waals surface area contributed by atoms with Gasteiger partial charge in [-0.05, 0) is 17.2 Å². The monoisotopic (exact) mass is 230 g/mol. The van der Waals surface area contributed by atoms with Crippen LogP contribution in [0.5, 0.6) is 0 Å². The van der Waals surface area contributed by atoms with Gasteiger partial charge in [0.15, 0.2) is 0 Å². The minimum atomic E-state index is -0.442. The van der Waals surface area contributed by atoms with Gasteiger partial charge in [-0.25, -0.2) is 4.39 Å². The summed E-state index contributed by atoms with van der Waals surface area (Å²) in [6.07, 6.45) is 0. The van der Waals surface area contributed by atoms with Crippen molar-refractivity contribution in [2.75, 3.05) is 0 Å². The van der Waals surface area contributed by atoms with Gasteiger partial charge in [-0.1, -0.05) is 42.5 Å². The summed E-state index contributed by atoms with van der Waals surface area (Å²) >= 11 is 0. The molecular formula is C14H15FN2. The molecule has 4 N–H and O–H groups in total. The van der Waals surface area contributed by atoms with E-state index < -0.39 is 6.04 Å². The second-order valence-corrected chi connectivity index (χ2v) is 3.94. The smallest absolute Gasteiger partial charge is 0.128 e. The van der Waals surface area contributed by atoms with Crippen molar-refractivity contribution in [1.29, 1.82) is 0 Å². The van der Waals surface area contributed by atoms with E-state index in [1.807, 2.05) is 24.3 Å². The summed E-state index contributed by atoms with van der Waals surface area (Å²) in [7, 11) is 0. The summed E-state index contributed by atoms with van der Waals surface area (Å²) in [6, 6.07) is 13.7. The zero-order chi connectivity index (χ0) is 12.3. The Hall–Kier alpha value is -1.71. The molecule has 0 saturated heterocycles. The Morgan fingerprint density at radius 2 is 1.65 bits per heavy atom. The molecule has 0 aromatic heterocycles. The predicted octanol–water partition coefficient (Wildman–Crippen LogP) is 2.33. The van der Waals surface area contributed by atoms with Crippen LogP contribution < -0.4 is 11.5 Å². The maximum absolute atomic E-state index is 13.6. The van der Waals surface area contributed by atoms with Gasteiger partial charge in [-0.2, -0.15) is 0 Å². The third-order valence-corrected chi connectivity index (χ3v) is 2.81. The van der Waals surface area contributed by atoms with E-state index in [9.17, 15) is 4.39 Å². The zero-order valence-corrected chi connectivity index (χ0v) is 9.44. The van der Waals surface area contributed by atoms with Crippen LogP contribution in [0.3, 0.4) is 0 Å². The Labute approximate surface area is 100 Å². The molecule has 3 heteroatoms. The van der Waals surface area contributed by atoms with Gasteiger partial charge in [0.1, 0.15) is 5.82 Å². The third-order valence-electron chi connectivity index (χ3n) is 2.81. The van der Waals surface area contributed by atoms with E-state index in [1.165, 1.54) is 6.07 Å². The number of hydrogen-bond donors (Lipinski definition) is 2. The molecule has 2 aromatic rings. The van der Waals surface area contributed by atoms with Crippen LogP contribution in [0.4, 0.5) is 4.39 Å². The van der Waals surface area contributed by atoms with Crippen molar-refractivity contribution in [3.05, 3.63) is 71.0 Å². The first-order valence-corrected chi connectivity index (χ1v) is 5.51. The van der Waals surface area contributed by atoms with Crippen LogP contribution in [0.25, 0.3) is 0 Å². The van der Waals surface area contributed by atoms with Crippen LogP contribution in [0, 0.1) is 5.82 Å². The van der Waals surface area contributed by atoms with Gasteiger partial charge in [-0.3, -0.25) is 0 Å². The number of benzene rings is 2. The maximum atomic E-state index is 13.6. The molecule has 0 aliphatic rings. The van der Waals surface area contributed by atoms with Gasteiger partial charge >= 0.3 is 0 Å². The molecule has 2 rings (SSSR count). The summed E-state index contributed by atoms with van der Waals surface area (Å²) in [5, 5.41) is 0. The highest BCUT2D eigenvalue weighted by atomic mass is 19.1. The van der Waals surface area contributed by atoms with Crippen LogP contribution in [-0.2, 0) is 6.54 Å². The van der Waals surface area contributed by atoms with Crippen molar-refractivity contribution >= 4 is 0 Å². The first-order chi connectivity index (χ1) is 8.22. The van der Waals surface area contributed by atoms with E-state index >= 15 is 0 Å². The molecule has 17 heavy (non-hydrogen) atoms. The minimum Gasteiger partial charge on any atom is -0.326 e. The van der Waals surface area contributed by atoms with Crippen molar-refractivity contribution in [3.63, 3.8) is 0 Å². The highest BCUT2D eigenvalue weighted by molar-refractivity contribution is 5.33. The zero-order valence-electron chi connectivity index (χ0n) is 9.44. The molecule has 0 aliphatic heterocycles. The van der Waals surface area contributed by atoms with E-state index in [1.54, 1.807) is 18.2 Å². The van der Waals surface area contributed by atoms with Crippen molar-refractivity contribution in [3.8, 4) is 0 Å². The fourth-order valence-corrected chi connectivity index (χ4v) is 1.77. The summed E-state index contributed by atoms with van der Waals surface area (Å²) < 4.78 is 13.6. The second kappa shape index (κ2) is 5.08. The summed E-state index contributed by atoms with van der Waals surface area (Å²) in [4.78, 5) is 0. The van der Waals surface area contributed by atoms with Gasteiger partial charge in [0.05, 0.1) is 6.04 Å². The van der Waals surface area contributed by atoms with Crippen molar-refractivity contribution in [2.45, 2.75) is 12.6 Å². The maximum Gasteiger partial charge on any atom is 0.128 e. The molecule has 0 saturated carbocycles.